The fourth-order valence-corrected chi connectivity index (χ4v) is 3.34. The molecule has 0 aliphatic heterocycles. The molecule has 0 unspecified atom stereocenters. The van der Waals surface area contributed by atoms with Crippen LogP contribution in [-0.4, -0.2) is 19.6 Å². The van der Waals surface area contributed by atoms with Gasteiger partial charge in [0, 0.05) is 22.4 Å². The topological polar surface area (TPSA) is 60.2 Å². The Morgan fingerprint density at radius 3 is 2.70 bits per heavy atom. The molecule has 23 heavy (non-hydrogen) atoms. The maximum atomic E-state index is 12.4. The SMILES string of the molecule is O=c1/c(=C\c2cccnc2)sc2nc(-c3ccc(Br)cc3)nn12. The Bertz CT molecular complexity index is 1090. The van der Waals surface area contributed by atoms with Gasteiger partial charge in [0.15, 0.2) is 5.82 Å². The van der Waals surface area contributed by atoms with E-state index in [1.807, 2.05) is 36.4 Å². The molecule has 0 aliphatic carbocycles. The average Bonchev–Trinajstić information content (AvgIpc) is 3.10. The largest absolute Gasteiger partial charge is 0.291 e. The molecule has 112 valence electrons. The first kappa shape index (κ1) is 14.2. The van der Waals surface area contributed by atoms with Crippen molar-refractivity contribution in [2.24, 2.45) is 0 Å². The van der Waals surface area contributed by atoms with E-state index in [9.17, 15) is 4.79 Å². The lowest BCUT2D eigenvalue weighted by Crippen LogP contribution is -2.23. The lowest BCUT2D eigenvalue weighted by Gasteiger charge is -1.94. The Hall–Kier alpha value is -2.38. The number of aromatic nitrogens is 4. The van der Waals surface area contributed by atoms with Crippen LogP contribution >= 0.6 is 27.3 Å². The first-order valence-electron chi connectivity index (χ1n) is 6.78. The number of rotatable bonds is 2. The van der Waals surface area contributed by atoms with E-state index in [4.69, 9.17) is 0 Å². The third kappa shape index (κ3) is 2.69. The summed E-state index contributed by atoms with van der Waals surface area (Å²) in [7, 11) is 0. The highest BCUT2D eigenvalue weighted by Gasteiger charge is 2.11. The number of fused-ring (bicyclic) bond motifs is 1. The lowest BCUT2D eigenvalue weighted by atomic mass is 10.2. The molecule has 0 aliphatic rings. The molecule has 4 aromatic rings. The van der Waals surface area contributed by atoms with Gasteiger partial charge in [-0.05, 0) is 29.8 Å². The van der Waals surface area contributed by atoms with Crippen LogP contribution < -0.4 is 10.1 Å². The molecule has 0 spiro atoms. The van der Waals surface area contributed by atoms with E-state index in [0.717, 1.165) is 15.6 Å². The van der Waals surface area contributed by atoms with Gasteiger partial charge in [-0.15, -0.1) is 5.10 Å². The Kier molecular flexibility index (Phi) is 3.51. The molecule has 4 rings (SSSR count). The molecule has 0 atom stereocenters. The van der Waals surface area contributed by atoms with Crippen molar-refractivity contribution in [1.29, 1.82) is 0 Å². The zero-order valence-electron chi connectivity index (χ0n) is 11.7. The summed E-state index contributed by atoms with van der Waals surface area (Å²) in [6, 6.07) is 11.4. The molecule has 5 nitrogen and oxygen atoms in total. The lowest BCUT2D eigenvalue weighted by molar-refractivity contribution is 0.937. The molecule has 3 heterocycles. The summed E-state index contributed by atoms with van der Waals surface area (Å²) in [5.41, 5.74) is 1.59. The van der Waals surface area contributed by atoms with Crippen molar-refractivity contribution in [1.82, 2.24) is 19.6 Å². The monoisotopic (exact) mass is 384 g/mol. The van der Waals surface area contributed by atoms with Crippen molar-refractivity contribution >= 4 is 38.3 Å². The smallest absolute Gasteiger partial charge is 0.266 e. The fourth-order valence-electron chi connectivity index (χ4n) is 2.17. The highest BCUT2D eigenvalue weighted by Crippen LogP contribution is 2.19. The van der Waals surface area contributed by atoms with Crippen molar-refractivity contribution in [2.45, 2.75) is 0 Å². The van der Waals surface area contributed by atoms with Crippen molar-refractivity contribution in [3.8, 4) is 11.4 Å². The highest BCUT2D eigenvalue weighted by atomic mass is 79.9. The molecule has 3 aromatic heterocycles. The number of halogens is 1. The second-order valence-electron chi connectivity index (χ2n) is 4.84. The average molecular weight is 385 g/mol. The van der Waals surface area contributed by atoms with Crippen LogP contribution in [0.15, 0.2) is 58.1 Å². The van der Waals surface area contributed by atoms with Crippen molar-refractivity contribution in [2.75, 3.05) is 0 Å². The molecule has 0 bridgehead atoms. The van der Waals surface area contributed by atoms with Crippen LogP contribution in [0.4, 0.5) is 0 Å². The van der Waals surface area contributed by atoms with E-state index in [-0.39, 0.29) is 5.56 Å². The summed E-state index contributed by atoms with van der Waals surface area (Å²) in [5.74, 6) is 0.550. The van der Waals surface area contributed by atoms with Gasteiger partial charge in [0.2, 0.25) is 4.96 Å². The Morgan fingerprint density at radius 2 is 2.00 bits per heavy atom. The molecule has 0 saturated carbocycles. The quantitative estimate of drug-likeness (QED) is 0.532. The summed E-state index contributed by atoms with van der Waals surface area (Å²) >= 11 is 4.72. The van der Waals surface area contributed by atoms with Gasteiger partial charge >= 0.3 is 0 Å². The van der Waals surface area contributed by atoms with Gasteiger partial charge in [0.05, 0.1) is 4.53 Å². The predicted molar refractivity (Wildman–Crippen MR) is 93.3 cm³/mol. The zero-order valence-corrected chi connectivity index (χ0v) is 14.1. The van der Waals surface area contributed by atoms with Gasteiger partial charge in [-0.2, -0.15) is 9.50 Å². The molecule has 0 radical (unpaired) electrons. The van der Waals surface area contributed by atoms with E-state index in [1.54, 1.807) is 18.5 Å². The minimum atomic E-state index is -0.162. The fraction of sp³-hybridized carbons (Fsp3) is 0. The Balaban J connectivity index is 1.82. The van der Waals surface area contributed by atoms with Gasteiger partial charge in [-0.1, -0.05) is 45.5 Å². The standard InChI is InChI=1S/C16H9BrN4OS/c17-12-5-3-11(4-6-12)14-19-16-21(20-14)15(22)13(23-16)8-10-2-1-7-18-9-10/h1-9H/b13-8+. The van der Waals surface area contributed by atoms with Crippen LogP contribution in [0, 0.1) is 0 Å². The van der Waals surface area contributed by atoms with Gasteiger partial charge in [-0.3, -0.25) is 9.78 Å². The van der Waals surface area contributed by atoms with Gasteiger partial charge in [0.25, 0.3) is 5.56 Å². The first-order valence-corrected chi connectivity index (χ1v) is 8.39. The van der Waals surface area contributed by atoms with Crippen LogP contribution in [0.3, 0.4) is 0 Å². The molecule has 7 heteroatoms. The number of pyridine rings is 1. The summed E-state index contributed by atoms with van der Waals surface area (Å²) < 4.78 is 2.93. The van der Waals surface area contributed by atoms with Crippen LogP contribution in [0.25, 0.3) is 22.4 Å². The van der Waals surface area contributed by atoms with Crippen molar-refractivity contribution < 1.29 is 0 Å². The summed E-state index contributed by atoms with van der Waals surface area (Å²) in [6.07, 6.45) is 5.21. The minimum Gasteiger partial charge on any atom is -0.266 e. The molecular weight excluding hydrogens is 376 g/mol. The predicted octanol–water partition coefficient (Wildman–Crippen LogP) is 2.52. The second-order valence-corrected chi connectivity index (χ2v) is 6.76. The third-order valence-corrected chi connectivity index (χ3v) is 4.75. The number of hydrogen-bond donors (Lipinski definition) is 0. The second kappa shape index (κ2) is 5.68. The highest BCUT2D eigenvalue weighted by molar-refractivity contribution is 9.10. The van der Waals surface area contributed by atoms with Crippen LogP contribution in [0.2, 0.25) is 0 Å². The van der Waals surface area contributed by atoms with E-state index < -0.39 is 0 Å². The minimum absolute atomic E-state index is 0.162. The number of nitrogens with zero attached hydrogens (tertiary/aromatic N) is 4. The Labute approximate surface area is 143 Å². The van der Waals surface area contributed by atoms with Gasteiger partial charge < -0.3 is 0 Å². The number of hydrogen-bond acceptors (Lipinski definition) is 5. The molecule has 1 aromatic carbocycles. The summed E-state index contributed by atoms with van der Waals surface area (Å²) in [6.45, 7) is 0. The van der Waals surface area contributed by atoms with Crippen molar-refractivity contribution in [3.05, 3.63) is 73.7 Å². The van der Waals surface area contributed by atoms with E-state index >= 15 is 0 Å². The number of benzene rings is 1. The molecule has 0 N–H and O–H groups in total. The molecule has 0 saturated heterocycles. The molecule has 0 amide bonds. The van der Waals surface area contributed by atoms with Crippen LogP contribution in [-0.2, 0) is 0 Å². The summed E-state index contributed by atoms with van der Waals surface area (Å²) in [5, 5.41) is 4.33. The zero-order chi connectivity index (χ0) is 15.8. The van der Waals surface area contributed by atoms with E-state index in [2.05, 4.69) is 31.0 Å². The van der Waals surface area contributed by atoms with Gasteiger partial charge in [-0.25, -0.2) is 0 Å². The molecule has 0 fully saturated rings. The Morgan fingerprint density at radius 1 is 1.17 bits per heavy atom. The first-order chi connectivity index (χ1) is 11.2. The third-order valence-electron chi connectivity index (χ3n) is 3.27. The maximum absolute atomic E-state index is 12.4. The van der Waals surface area contributed by atoms with E-state index in [1.165, 1.54) is 15.9 Å². The summed E-state index contributed by atoms with van der Waals surface area (Å²) in [4.78, 5) is 21.5. The van der Waals surface area contributed by atoms with E-state index in [0.29, 0.717) is 15.3 Å². The molecular formula is C16H9BrN4OS. The normalized spacial score (nSPS) is 12.1. The maximum Gasteiger partial charge on any atom is 0.291 e. The number of thiazole rings is 1. The van der Waals surface area contributed by atoms with Gasteiger partial charge in [0.1, 0.15) is 0 Å². The van der Waals surface area contributed by atoms with Crippen LogP contribution in [0.5, 0.6) is 0 Å². The van der Waals surface area contributed by atoms with Crippen molar-refractivity contribution in [3.63, 3.8) is 0 Å². The van der Waals surface area contributed by atoms with Crippen LogP contribution in [0.1, 0.15) is 5.56 Å².